The Hall–Kier alpha value is -1.12. The van der Waals surface area contributed by atoms with Crippen LogP contribution in [0.15, 0.2) is 65.7 Å². The number of aromatic nitrogens is 2. The van der Waals surface area contributed by atoms with Gasteiger partial charge in [0.1, 0.15) is 11.6 Å². The van der Waals surface area contributed by atoms with Crippen LogP contribution in [-0.2, 0) is 20.8 Å². The molecule has 9 heteroatoms. The molecule has 1 aromatic heterocycles. The Kier molecular flexibility index (Phi) is 9.11. The van der Waals surface area contributed by atoms with E-state index in [4.69, 9.17) is 49.0 Å². The summed E-state index contributed by atoms with van der Waals surface area (Å²) in [6.07, 6.45) is 6.94. The van der Waals surface area contributed by atoms with E-state index >= 15 is 0 Å². The van der Waals surface area contributed by atoms with E-state index < -0.39 is 17.9 Å². The van der Waals surface area contributed by atoms with E-state index in [1.165, 1.54) is 0 Å². The number of hydrogen-bond acceptors (Lipinski definition) is 4. The molecule has 1 fully saturated rings. The van der Waals surface area contributed by atoms with Gasteiger partial charge >= 0.3 is 0 Å². The van der Waals surface area contributed by atoms with E-state index in [2.05, 4.69) is 20.9 Å². The molecule has 2 heterocycles. The predicted octanol–water partition coefficient (Wildman–Crippen LogP) is 7.56. The molecule has 0 saturated carbocycles. The van der Waals surface area contributed by atoms with Crippen LogP contribution in [0.2, 0.25) is 10.0 Å². The molecule has 2 aromatic carbocycles. The number of ether oxygens (including phenoxy) is 3. The third-order valence-corrected chi connectivity index (χ3v) is 7.00. The second kappa shape index (κ2) is 12.0. The van der Waals surface area contributed by atoms with Gasteiger partial charge in [0, 0.05) is 26.9 Å². The molecule has 33 heavy (non-hydrogen) atoms. The van der Waals surface area contributed by atoms with Crippen LogP contribution in [0.4, 0.5) is 0 Å². The summed E-state index contributed by atoms with van der Waals surface area (Å²) in [7, 11) is 0. The summed E-state index contributed by atoms with van der Waals surface area (Å²) in [4.78, 5) is 4.10. The van der Waals surface area contributed by atoms with E-state index in [1.54, 1.807) is 12.5 Å². The third kappa shape index (κ3) is 6.95. The van der Waals surface area contributed by atoms with E-state index in [1.807, 2.05) is 53.2 Å². The zero-order valence-corrected chi connectivity index (χ0v) is 21.6. The maximum absolute atomic E-state index is 6.79. The average Bonchev–Trinajstić information content (AvgIpc) is 3.35. The molecule has 1 aliphatic heterocycles. The van der Waals surface area contributed by atoms with Crippen LogP contribution in [0.5, 0.6) is 0 Å². The number of rotatable bonds is 9. The lowest BCUT2D eigenvalue weighted by Crippen LogP contribution is -2.34. The zero-order chi connectivity index (χ0) is 23.2. The summed E-state index contributed by atoms with van der Waals surface area (Å²) < 4.78 is 21.3. The van der Waals surface area contributed by atoms with Crippen LogP contribution in [0, 0.1) is 0 Å². The first-order chi connectivity index (χ1) is 16.0. The van der Waals surface area contributed by atoms with Gasteiger partial charge in [-0.15, -0.1) is 0 Å². The number of halogens is 4. The number of hydrogen-bond donors (Lipinski definition) is 0. The summed E-state index contributed by atoms with van der Waals surface area (Å²) in [5.74, 6) is 0. The molecule has 1 aliphatic rings. The maximum atomic E-state index is 6.79. The van der Waals surface area contributed by atoms with Crippen molar-refractivity contribution in [2.75, 3.05) is 6.61 Å². The van der Waals surface area contributed by atoms with Crippen LogP contribution in [-0.4, -0.2) is 28.6 Å². The zero-order valence-electron chi connectivity index (χ0n) is 17.7. The Morgan fingerprint density at radius 2 is 1.97 bits per heavy atom. The van der Waals surface area contributed by atoms with Crippen LogP contribution in [0.1, 0.15) is 42.0 Å². The van der Waals surface area contributed by atoms with Gasteiger partial charge in [-0.3, -0.25) is 0 Å². The second-order valence-corrected chi connectivity index (χ2v) is 10.1. The van der Waals surface area contributed by atoms with Gasteiger partial charge in [-0.25, -0.2) is 4.98 Å². The quantitative estimate of drug-likeness (QED) is 0.248. The molecule has 0 radical (unpaired) electrons. The van der Waals surface area contributed by atoms with Crippen molar-refractivity contribution in [3.63, 3.8) is 0 Å². The van der Waals surface area contributed by atoms with Crippen molar-refractivity contribution in [3.05, 3.63) is 86.8 Å². The first-order valence-electron chi connectivity index (χ1n) is 10.7. The standard InChI is InChI=1S/C24H24BrCl3N2O3/c25-18-6-9-21(27)17(12-18)13-31-14-20-2-1-3-22(32-20)33-23(16-4-7-19(26)8-5-16)24(28)30-11-10-29-15-30/h4-12,15,20,22-24H,1-3,13-14H2. The maximum Gasteiger partial charge on any atom is 0.159 e. The number of nitrogens with zero attached hydrogens (tertiary/aromatic N) is 2. The predicted molar refractivity (Wildman–Crippen MR) is 134 cm³/mol. The molecule has 4 unspecified atom stereocenters. The molecular weight excluding hydrogens is 551 g/mol. The van der Waals surface area contributed by atoms with E-state index in [9.17, 15) is 0 Å². The van der Waals surface area contributed by atoms with Crippen LogP contribution in [0.3, 0.4) is 0 Å². The van der Waals surface area contributed by atoms with Gasteiger partial charge in [0.05, 0.1) is 25.6 Å². The molecule has 0 amide bonds. The molecule has 1 saturated heterocycles. The molecule has 4 atom stereocenters. The van der Waals surface area contributed by atoms with Crippen molar-refractivity contribution >= 4 is 50.7 Å². The second-order valence-electron chi connectivity index (χ2n) is 7.86. The summed E-state index contributed by atoms with van der Waals surface area (Å²) in [6.45, 7) is 0.877. The summed E-state index contributed by atoms with van der Waals surface area (Å²) in [5, 5.41) is 1.34. The largest absolute Gasteiger partial charge is 0.374 e. The smallest absolute Gasteiger partial charge is 0.159 e. The van der Waals surface area contributed by atoms with Crippen molar-refractivity contribution in [1.29, 1.82) is 0 Å². The Bertz CT molecular complexity index is 1020. The molecular formula is C24H24BrCl3N2O3. The fraction of sp³-hybridized carbons (Fsp3) is 0.375. The van der Waals surface area contributed by atoms with Crippen LogP contribution in [0.25, 0.3) is 0 Å². The highest BCUT2D eigenvalue weighted by Crippen LogP contribution is 2.37. The monoisotopic (exact) mass is 572 g/mol. The number of benzene rings is 2. The van der Waals surface area contributed by atoms with Gasteiger partial charge in [-0.1, -0.05) is 62.9 Å². The van der Waals surface area contributed by atoms with Crippen molar-refractivity contribution in [3.8, 4) is 0 Å². The Morgan fingerprint density at radius 3 is 2.73 bits per heavy atom. The van der Waals surface area contributed by atoms with Gasteiger partial charge in [0.15, 0.2) is 6.29 Å². The minimum atomic E-state index is -0.493. The summed E-state index contributed by atoms with van der Waals surface area (Å²) in [5.41, 5.74) is 1.36. The lowest BCUT2D eigenvalue weighted by Gasteiger charge is -2.34. The van der Waals surface area contributed by atoms with Crippen molar-refractivity contribution in [2.24, 2.45) is 0 Å². The lowest BCUT2D eigenvalue weighted by molar-refractivity contribution is -0.228. The molecule has 176 valence electrons. The fourth-order valence-electron chi connectivity index (χ4n) is 3.73. The molecule has 0 aliphatic carbocycles. The normalized spacial score (nSPS) is 20.5. The van der Waals surface area contributed by atoms with Crippen molar-refractivity contribution < 1.29 is 14.2 Å². The van der Waals surface area contributed by atoms with Crippen LogP contribution >= 0.6 is 50.7 Å². The first kappa shape index (κ1) is 25.0. The minimum absolute atomic E-state index is 0.0671. The summed E-state index contributed by atoms with van der Waals surface area (Å²) in [6, 6.07) is 13.2. The van der Waals surface area contributed by atoms with Gasteiger partial charge in [-0.05, 0) is 60.7 Å². The van der Waals surface area contributed by atoms with Crippen LogP contribution < -0.4 is 0 Å². The molecule has 3 aromatic rings. The average molecular weight is 575 g/mol. The van der Waals surface area contributed by atoms with E-state index in [0.29, 0.717) is 23.3 Å². The third-order valence-electron chi connectivity index (χ3n) is 5.44. The van der Waals surface area contributed by atoms with E-state index in [0.717, 1.165) is 34.9 Å². The fourth-order valence-corrected chi connectivity index (χ4v) is 4.76. The minimum Gasteiger partial charge on any atom is -0.374 e. The van der Waals surface area contributed by atoms with Gasteiger partial charge < -0.3 is 18.8 Å². The highest BCUT2D eigenvalue weighted by Gasteiger charge is 2.31. The number of alkyl halides is 1. The molecule has 5 nitrogen and oxygen atoms in total. The molecule has 0 spiro atoms. The molecule has 0 N–H and O–H groups in total. The SMILES string of the molecule is Clc1ccc(C(OC2CCCC(COCc3cc(Br)ccc3Cl)O2)C(Cl)n2ccnc2)cc1. The van der Waals surface area contributed by atoms with Gasteiger partial charge in [-0.2, -0.15) is 0 Å². The Labute approximate surface area is 217 Å². The topological polar surface area (TPSA) is 45.5 Å². The molecule has 0 bridgehead atoms. The Morgan fingerprint density at radius 1 is 1.15 bits per heavy atom. The van der Waals surface area contributed by atoms with Gasteiger partial charge in [0.25, 0.3) is 0 Å². The highest BCUT2D eigenvalue weighted by atomic mass is 79.9. The number of imidazole rings is 1. The van der Waals surface area contributed by atoms with E-state index in [-0.39, 0.29) is 6.10 Å². The summed E-state index contributed by atoms with van der Waals surface area (Å²) >= 11 is 22.6. The lowest BCUT2D eigenvalue weighted by atomic mass is 10.1. The van der Waals surface area contributed by atoms with Gasteiger partial charge in [0.2, 0.25) is 0 Å². The van der Waals surface area contributed by atoms with Crippen molar-refractivity contribution in [2.45, 2.75) is 49.9 Å². The Balaban J connectivity index is 1.38. The highest BCUT2D eigenvalue weighted by molar-refractivity contribution is 9.10. The van der Waals surface area contributed by atoms with Crippen molar-refractivity contribution in [1.82, 2.24) is 9.55 Å². The molecule has 4 rings (SSSR count). The first-order valence-corrected chi connectivity index (χ1v) is 12.7.